The third kappa shape index (κ3) is 3.32. The van der Waals surface area contributed by atoms with Crippen molar-refractivity contribution in [1.29, 1.82) is 0 Å². The van der Waals surface area contributed by atoms with Gasteiger partial charge in [-0.3, -0.25) is 4.79 Å². The van der Waals surface area contributed by atoms with Crippen molar-refractivity contribution < 1.29 is 23.1 Å². The number of carboxylic acid groups (broad SMARTS) is 1. The molecule has 0 aliphatic heterocycles. The number of aliphatic carboxylic acids is 1. The zero-order valence-electron chi connectivity index (χ0n) is 13.3. The van der Waals surface area contributed by atoms with E-state index in [1.54, 1.807) is 13.0 Å². The Labute approximate surface area is 131 Å². The maximum atomic E-state index is 12.9. The average molecular weight is 326 g/mol. The predicted molar refractivity (Wildman–Crippen MR) is 84.9 cm³/mol. The Hall–Kier alpha value is -1.82. The van der Waals surface area contributed by atoms with Crippen LogP contribution in [-0.2, 0) is 14.6 Å². The molecular formula is C16H22O5S. The number of carboxylic acids is 1. The Morgan fingerprint density at radius 3 is 2.18 bits per heavy atom. The Morgan fingerprint density at radius 2 is 1.82 bits per heavy atom. The molecule has 5 nitrogen and oxygen atoms in total. The van der Waals surface area contributed by atoms with Gasteiger partial charge in [-0.15, -0.1) is 0 Å². The first-order chi connectivity index (χ1) is 10.2. The van der Waals surface area contributed by atoms with Crippen LogP contribution in [0.2, 0.25) is 0 Å². The minimum atomic E-state index is -4.03. The minimum Gasteiger partial charge on any atom is -0.497 e. The number of rotatable bonds is 7. The van der Waals surface area contributed by atoms with Gasteiger partial charge in [-0.05, 0) is 51.0 Å². The second-order valence-electron chi connectivity index (χ2n) is 5.32. The van der Waals surface area contributed by atoms with Crippen molar-refractivity contribution >= 4 is 15.8 Å². The van der Waals surface area contributed by atoms with Gasteiger partial charge in [-0.1, -0.05) is 18.6 Å². The van der Waals surface area contributed by atoms with Crippen LogP contribution < -0.4 is 4.74 Å². The fourth-order valence-electron chi connectivity index (χ4n) is 2.15. The summed E-state index contributed by atoms with van der Waals surface area (Å²) in [5, 5.41) is 9.60. The topological polar surface area (TPSA) is 80.7 Å². The number of methoxy groups -OCH3 is 1. The lowest BCUT2D eigenvalue weighted by Gasteiger charge is -2.27. The van der Waals surface area contributed by atoms with Crippen LogP contribution in [-0.4, -0.2) is 31.4 Å². The van der Waals surface area contributed by atoms with Crippen LogP contribution in [0.1, 0.15) is 33.6 Å². The van der Waals surface area contributed by atoms with Gasteiger partial charge in [0.1, 0.15) is 5.75 Å². The van der Waals surface area contributed by atoms with E-state index in [4.69, 9.17) is 4.74 Å². The van der Waals surface area contributed by atoms with Crippen LogP contribution >= 0.6 is 0 Å². The molecule has 0 saturated heterocycles. The molecule has 0 bridgehead atoms. The lowest BCUT2D eigenvalue weighted by Crippen LogP contribution is -2.45. The molecule has 1 aromatic carbocycles. The summed E-state index contributed by atoms with van der Waals surface area (Å²) in [6.45, 7) is 5.19. The van der Waals surface area contributed by atoms with Gasteiger partial charge in [0.25, 0.3) is 0 Å². The zero-order chi connectivity index (χ0) is 17.0. The highest BCUT2D eigenvalue weighted by Crippen LogP contribution is 2.34. The van der Waals surface area contributed by atoms with E-state index in [1.807, 2.05) is 13.8 Å². The summed E-state index contributed by atoms with van der Waals surface area (Å²) in [4.78, 5) is 11.8. The van der Waals surface area contributed by atoms with Crippen molar-refractivity contribution in [3.8, 4) is 5.75 Å². The van der Waals surface area contributed by atoms with Gasteiger partial charge in [0.05, 0.1) is 12.0 Å². The molecule has 1 aromatic rings. The number of sulfone groups is 1. The highest BCUT2D eigenvalue weighted by molar-refractivity contribution is 7.93. The third-order valence-electron chi connectivity index (χ3n) is 3.69. The second-order valence-corrected chi connectivity index (χ2v) is 7.58. The molecule has 1 unspecified atom stereocenters. The number of ether oxygens (including phenoxy) is 1. The highest BCUT2D eigenvalue weighted by atomic mass is 32.2. The standard InChI is InChI=1S/C16H22O5S/c1-5-16(15(17)18,11-10-12(2)3)22(19,20)14-8-6-13(21-4)7-9-14/h6-10H,5,11H2,1-4H3,(H,17,18). The van der Waals surface area contributed by atoms with Crippen LogP contribution in [0.5, 0.6) is 5.75 Å². The van der Waals surface area contributed by atoms with Crippen LogP contribution in [0.3, 0.4) is 0 Å². The van der Waals surface area contributed by atoms with Gasteiger partial charge < -0.3 is 9.84 Å². The average Bonchev–Trinajstić information content (AvgIpc) is 2.47. The van der Waals surface area contributed by atoms with E-state index in [2.05, 4.69) is 0 Å². The number of hydrogen-bond acceptors (Lipinski definition) is 4. The first kappa shape index (κ1) is 18.2. The lowest BCUT2D eigenvalue weighted by molar-refractivity contribution is -0.140. The molecule has 0 radical (unpaired) electrons. The van der Waals surface area contributed by atoms with Crippen molar-refractivity contribution in [3.63, 3.8) is 0 Å². The van der Waals surface area contributed by atoms with Crippen molar-refractivity contribution in [3.05, 3.63) is 35.9 Å². The van der Waals surface area contributed by atoms with E-state index < -0.39 is 20.6 Å². The first-order valence-corrected chi connectivity index (χ1v) is 8.45. The first-order valence-electron chi connectivity index (χ1n) is 6.96. The molecule has 0 spiro atoms. The molecule has 6 heteroatoms. The Bertz CT molecular complexity index is 654. The van der Waals surface area contributed by atoms with Gasteiger partial charge in [-0.2, -0.15) is 0 Å². The van der Waals surface area contributed by atoms with Crippen LogP contribution in [0.4, 0.5) is 0 Å². The van der Waals surface area contributed by atoms with Crippen molar-refractivity contribution in [2.24, 2.45) is 0 Å². The normalized spacial score (nSPS) is 14.0. The molecule has 0 aromatic heterocycles. The van der Waals surface area contributed by atoms with E-state index in [-0.39, 0.29) is 17.7 Å². The molecule has 1 N–H and O–H groups in total. The lowest BCUT2D eigenvalue weighted by atomic mass is 10.00. The SMILES string of the molecule is CCC(CC=C(C)C)(C(=O)O)S(=O)(=O)c1ccc(OC)cc1. The van der Waals surface area contributed by atoms with E-state index in [9.17, 15) is 18.3 Å². The van der Waals surface area contributed by atoms with E-state index in [0.717, 1.165) is 5.57 Å². The smallest absolute Gasteiger partial charge is 0.325 e. The molecule has 122 valence electrons. The largest absolute Gasteiger partial charge is 0.497 e. The van der Waals surface area contributed by atoms with Crippen LogP contribution in [0.15, 0.2) is 40.8 Å². The molecular weight excluding hydrogens is 304 g/mol. The summed E-state index contributed by atoms with van der Waals surface area (Å²) in [6, 6.07) is 5.78. The third-order valence-corrected chi connectivity index (χ3v) is 6.24. The number of allylic oxidation sites excluding steroid dienone is 2. The molecule has 0 aliphatic carbocycles. The molecule has 0 heterocycles. The maximum absolute atomic E-state index is 12.9. The van der Waals surface area contributed by atoms with Gasteiger partial charge in [0.15, 0.2) is 14.6 Å². The zero-order valence-corrected chi connectivity index (χ0v) is 14.1. The number of benzene rings is 1. The highest BCUT2D eigenvalue weighted by Gasteiger charge is 2.49. The van der Waals surface area contributed by atoms with Gasteiger partial charge in [0.2, 0.25) is 0 Å². The minimum absolute atomic E-state index is 0.0134. The second kappa shape index (κ2) is 6.96. The van der Waals surface area contributed by atoms with Crippen molar-refractivity contribution in [2.45, 2.75) is 43.3 Å². The molecule has 0 amide bonds. The molecule has 0 fully saturated rings. The van der Waals surface area contributed by atoms with Crippen LogP contribution in [0, 0.1) is 0 Å². The molecule has 1 rings (SSSR count). The molecule has 1 atom stereocenters. The van der Waals surface area contributed by atoms with E-state index in [1.165, 1.54) is 31.4 Å². The monoisotopic (exact) mass is 326 g/mol. The van der Waals surface area contributed by atoms with Crippen LogP contribution in [0.25, 0.3) is 0 Å². The summed E-state index contributed by atoms with van der Waals surface area (Å²) in [7, 11) is -2.55. The predicted octanol–water partition coefficient (Wildman–Crippen LogP) is 3.06. The Morgan fingerprint density at radius 1 is 1.27 bits per heavy atom. The number of hydrogen-bond donors (Lipinski definition) is 1. The molecule has 22 heavy (non-hydrogen) atoms. The maximum Gasteiger partial charge on any atom is 0.325 e. The summed E-state index contributed by atoms with van der Waals surface area (Å²) in [6.07, 6.45) is 1.58. The quantitative estimate of drug-likeness (QED) is 0.779. The molecule has 0 saturated carbocycles. The molecule has 0 aliphatic rings. The summed E-state index contributed by atoms with van der Waals surface area (Å²) >= 11 is 0. The Kier molecular flexibility index (Phi) is 5.77. The fraction of sp³-hybridized carbons (Fsp3) is 0.438. The van der Waals surface area contributed by atoms with Gasteiger partial charge >= 0.3 is 5.97 Å². The van der Waals surface area contributed by atoms with E-state index in [0.29, 0.717) is 5.75 Å². The summed E-state index contributed by atoms with van der Waals surface area (Å²) < 4.78 is 28.9. The van der Waals surface area contributed by atoms with Gasteiger partial charge in [-0.25, -0.2) is 8.42 Å². The van der Waals surface area contributed by atoms with Gasteiger partial charge in [0, 0.05) is 0 Å². The van der Waals surface area contributed by atoms with E-state index >= 15 is 0 Å². The van der Waals surface area contributed by atoms with Crippen molar-refractivity contribution in [1.82, 2.24) is 0 Å². The number of carbonyl (C=O) groups is 1. The summed E-state index contributed by atoms with van der Waals surface area (Å²) in [5.74, 6) is -0.816. The summed E-state index contributed by atoms with van der Waals surface area (Å²) in [5.41, 5.74) is 0.879. The Balaban J connectivity index is 3.43. The fourth-order valence-corrected chi connectivity index (χ4v) is 4.01. The van der Waals surface area contributed by atoms with Crippen molar-refractivity contribution in [2.75, 3.05) is 7.11 Å².